The van der Waals surface area contributed by atoms with Crippen molar-refractivity contribution in [1.29, 1.82) is 0 Å². The fourth-order valence-electron chi connectivity index (χ4n) is 2.63. The van der Waals surface area contributed by atoms with Gasteiger partial charge in [0, 0.05) is 13.0 Å². The monoisotopic (exact) mass is 312 g/mol. The lowest BCUT2D eigenvalue weighted by Crippen LogP contribution is -2.35. The number of benzene rings is 1. The van der Waals surface area contributed by atoms with Crippen molar-refractivity contribution in [3.63, 3.8) is 0 Å². The highest BCUT2D eigenvalue weighted by molar-refractivity contribution is 5.55. The molecule has 1 unspecified atom stereocenters. The van der Waals surface area contributed by atoms with Gasteiger partial charge in [-0.3, -0.25) is 0 Å². The number of hydrogen-bond acceptors (Lipinski definition) is 2. The third-order valence-electron chi connectivity index (χ3n) is 4.19. The Hall–Kier alpha value is -1.64. The van der Waals surface area contributed by atoms with Crippen LogP contribution in [0.4, 0.5) is 0 Å². The van der Waals surface area contributed by atoms with Gasteiger partial charge in [-0.25, -0.2) is 0 Å². The first-order valence-electron chi connectivity index (χ1n) is 8.65. The van der Waals surface area contributed by atoms with Crippen molar-refractivity contribution in [3.8, 4) is 0 Å². The molecule has 0 aliphatic heterocycles. The lowest BCUT2D eigenvalue weighted by atomic mass is 9.92. The maximum absolute atomic E-state index is 9.71. The smallest absolute Gasteiger partial charge is 0.113 e. The van der Waals surface area contributed by atoms with Crippen LogP contribution in [0.25, 0.3) is 6.08 Å². The first kappa shape index (κ1) is 17.7. The van der Waals surface area contributed by atoms with Crippen molar-refractivity contribution in [2.75, 3.05) is 13.2 Å². The Morgan fingerprint density at radius 1 is 1.13 bits per heavy atom. The summed E-state index contributed by atoms with van der Waals surface area (Å²) in [6.45, 7) is 2.95. The lowest BCUT2D eigenvalue weighted by molar-refractivity contribution is -0.0453. The maximum atomic E-state index is 9.71. The Bertz CT molecular complexity index is 542. The highest BCUT2D eigenvalue weighted by atomic mass is 16.5. The zero-order valence-corrected chi connectivity index (χ0v) is 14.1. The van der Waals surface area contributed by atoms with E-state index >= 15 is 0 Å². The number of rotatable bonds is 9. The van der Waals surface area contributed by atoms with Crippen molar-refractivity contribution < 1.29 is 9.84 Å². The van der Waals surface area contributed by atoms with Gasteiger partial charge < -0.3 is 9.84 Å². The minimum atomic E-state index is -0.531. The summed E-state index contributed by atoms with van der Waals surface area (Å²) in [5, 5.41) is 9.71. The molecular weight excluding hydrogens is 284 g/mol. The van der Waals surface area contributed by atoms with E-state index in [1.807, 2.05) is 30.4 Å². The number of ether oxygens (including phenoxy) is 1. The Morgan fingerprint density at radius 2 is 1.96 bits per heavy atom. The van der Waals surface area contributed by atoms with Crippen LogP contribution in [0.15, 0.2) is 60.2 Å². The van der Waals surface area contributed by atoms with Crippen LogP contribution in [0.2, 0.25) is 0 Å². The third kappa shape index (κ3) is 5.81. The molecule has 0 radical (unpaired) electrons. The molecule has 1 aromatic carbocycles. The van der Waals surface area contributed by atoms with Gasteiger partial charge in [-0.05, 0) is 23.6 Å². The molecule has 124 valence electrons. The molecule has 2 nitrogen and oxygen atoms in total. The van der Waals surface area contributed by atoms with Gasteiger partial charge in [0.1, 0.15) is 5.60 Å². The quantitative estimate of drug-likeness (QED) is 0.656. The minimum absolute atomic E-state index is 0.0312. The molecule has 1 aromatic rings. The summed E-state index contributed by atoms with van der Waals surface area (Å²) in [4.78, 5) is 0. The van der Waals surface area contributed by atoms with Crippen LogP contribution in [-0.2, 0) is 4.74 Å². The van der Waals surface area contributed by atoms with Crippen LogP contribution in [0.1, 0.15) is 44.6 Å². The van der Waals surface area contributed by atoms with Crippen molar-refractivity contribution in [1.82, 2.24) is 0 Å². The largest absolute Gasteiger partial charge is 0.393 e. The summed E-state index contributed by atoms with van der Waals surface area (Å²) in [6, 6.07) is 10.3. The van der Waals surface area contributed by atoms with Crippen molar-refractivity contribution in [2.45, 2.75) is 44.6 Å². The van der Waals surface area contributed by atoms with E-state index in [-0.39, 0.29) is 6.61 Å². The molecule has 0 heterocycles. The van der Waals surface area contributed by atoms with Crippen molar-refractivity contribution in [2.24, 2.45) is 0 Å². The molecule has 0 aromatic heterocycles. The molecule has 23 heavy (non-hydrogen) atoms. The Kier molecular flexibility index (Phi) is 7.31. The first-order chi connectivity index (χ1) is 11.3. The summed E-state index contributed by atoms with van der Waals surface area (Å²) in [7, 11) is 0. The predicted molar refractivity (Wildman–Crippen MR) is 97.2 cm³/mol. The highest BCUT2D eigenvalue weighted by Crippen LogP contribution is 2.26. The topological polar surface area (TPSA) is 29.5 Å². The summed E-state index contributed by atoms with van der Waals surface area (Å²) in [5.41, 5.74) is 1.82. The zero-order chi connectivity index (χ0) is 16.4. The van der Waals surface area contributed by atoms with E-state index in [2.05, 4.69) is 37.3 Å². The fraction of sp³-hybridized carbons (Fsp3) is 0.429. The Morgan fingerprint density at radius 3 is 2.61 bits per heavy atom. The molecule has 0 bridgehead atoms. The predicted octanol–water partition coefficient (Wildman–Crippen LogP) is 4.91. The third-order valence-corrected chi connectivity index (χ3v) is 4.19. The van der Waals surface area contributed by atoms with Gasteiger partial charge >= 0.3 is 0 Å². The first-order valence-corrected chi connectivity index (χ1v) is 8.65. The van der Waals surface area contributed by atoms with Crippen molar-refractivity contribution >= 4 is 6.08 Å². The second-order valence-electron chi connectivity index (χ2n) is 6.12. The Balaban J connectivity index is 1.85. The van der Waals surface area contributed by atoms with E-state index in [9.17, 15) is 5.11 Å². The van der Waals surface area contributed by atoms with Crippen LogP contribution in [-0.4, -0.2) is 23.9 Å². The fourth-order valence-corrected chi connectivity index (χ4v) is 2.63. The molecule has 2 heteroatoms. The molecule has 1 atom stereocenters. The molecule has 0 spiro atoms. The van der Waals surface area contributed by atoms with E-state index in [1.54, 1.807) is 0 Å². The van der Waals surface area contributed by atoms with Crippen LogP contribution in [0.3, 0.4) is 0 Å². The SMILES string of the molecule is CCCCCCOC1(CO)C=CC(/C=C/c2ccccc2)=CC1. The van der Waals surface area contributed by atoms with Crippen molar-refractivity contribution in [3.05, 3.63) is 65.8 Å². The van der Waals surface area contributed by atoms with E-state index < -0.39 is 5.60 Å². The number of allylic oxidation sites excluding steroid dienone is 3. The number of hydrogen-bond donors (Lipinski definition) is 1. The molecule has 0 fully saturated rings. The van der Waals surface area contributed by atoms with E-state index in [0.29, 0.717) is 6.61 Å². The molecule has 1 aliphatic rings. The zero-order valence-electron chi connectivity index (χ0n) is 14.1. The maximum Gasteiger partial charge on any atom is 0.113 e. The standard InChI is InChI=1S/C21H28O2/c1-2-3-4-8-17-23-21(18-22)15-13-20(14-16-21)12-11-19-9-6-5-7-10-19/h5-7,9-15,22H,2-4,8,16-18H2,1H3/b12-11+. The molecule has 1 N–H and O–H groups in total. The van der Waals surface area contributed by atoms with Crippen LogP contribution >= 0.6 is 0 Å². The normalized spacial score (nSPS) is 20.9. The van der Waals surface area contributed by atoms with Gasteiger partial charge in [-0.15, -0.1) is 0 Å². The Labute approximate surface area is 140 Å². The highest BCUT2D eigenvalue weighted by Gasteiger charge is 2.27. The average Bonchev–Trinajstić information content (AvgIpc) is 2.62. The van der Waals surface area contributed by atoms with Gasteiger partial charge in [0.05, 0.1) is 6.61 Å². The molecule has 0 saturated heterocycles. The van der Waals surface area contributed by atoms with Crippen LogP contribution < -0.4 is 0 Å². The minimum Gasteiger partial charge on any atom is -0.393 e. The molecule has 2 rings (SSSR count). The van der Waals surface area contributed by atoms with Crippen LogP contribution in [0, 0.1) is 0 Å². The van der Waals surface area contributed by atoms with Crippen LogP contribution in [0.5, 0.6) is 0 Å². The summed E-state index contributed by atoms with van der Waals surface area (Å²) in [5.74, 6) is 0. The second kappa shape index (κ2) is 9.49. The lowest BCUT2D eigenvalue weighted by Gasteiger charge is -2.30. The number of aliphatic hydroxyl groups is 1. The van der Waals surface area contributed by atoms with Gasteiger partial charge in [-0.2, -0.15) is 0 Å². The molecular formula is C21H28O2. The van der Waals surface area contributed by atoms with Gasteiger partial charge in [0.25, 0.3) is 0 Å². The van der Waals surface area contributed by atoms with E-state index in [0.717, 1.165) is 18.4 Å². The summed E-state index contributed by atoms with van der Waals surface area (Å²) in [6.07, 6.45) is 15.9. The second-order valence-corrected chi connectivity index (χ2v) is 6.12. The molecule has 0 amide bonds. The van der Waals surface area contributed by atoms with E-state index in [1.165, 1.54) is 24.8 Å². The molecule has 0 saturated carbocycles. The van der Waals surface area contributed by atoms with Gasteiger partial charge in [0.15, 0.2) is 0 Å². The van der Waals surface area contributed by atoms with Gasteiger partial charge in [-0.1, -0.05) is 80.8 Å². The van der Waals surface area contributed by atoms with E-state index in [4.69, 9.17) is 4.74 Å². The molecule has 1 aliphatic carbocycles. The summed E-state index contributed by atoms with van der Waals surface area (Å²) < 4.78 is 5.97. The summed E-state index contributed by atoms with van der Waals surface area (Å²) >= 11 is 0. The average molecular weight is 312 g/mol. The number of unbranched alkanes of at least 4 members (excludes halogenated alkanes) is 3. The van der Waals surface area contributed by atoms with Gasteiger partial charge in [0.2, 0.25) is 0 Å². The number of aliphatic hydroxyl groups excluding tert-OH is 1.